The monoisotopic (exact) mass is 421 g/mol. The first-order valence-corrected chi connectivity index (χ1v) is 10.6. The predicted molar refractivity (Wildman–Crippen MR) is 120 cm³/mol. The van der Waals surface area contributed by atoms with E-state index in [4.69, 9.17) is 0 Å². The van der Waals surface area contributed by atoms with Crippen molar-refractivity contribution in [1.29, 1.82) is 0 Å². The fourth-order valence-corrected chi connectivity index (χ4v) is 4.21. The Bertz CT molecular complexity index is 1100. The fraction of sp³-hybridized carbons (Fsp3) is 0.333. The molecular weight excluding hydrogens is 394 g/mol. The third-order valence-corrected chi connectivity index (χ3v) is 5.73. The topological polar surface area (TPSA) is 105 Å². The second-order valence-corrected chi connectivity index (χ2v) is 7.39. The quantitative estimate of drug-likeness (QED) is 0.360. The number of carbonyl (C=O) groups excluding carboxylic acids is 2. The first-order valence-electron chi connectivity index (χ1n) is 10.6. The van der Waals surface area contributed by atoms with Crippen LogP contribution in [0.3, 0.4) is 0 Å². The molecule has 31 heavy (non-hydrogen) atoms. The molecule has 0 atom stereocenters. The SMILES string of the molecule is CCC1=C(CC)/C(=C/c2[nH]c(C(=O)c3ccc([N+](=O)[O-])cc3)c(CC)c2CC)NC1=O. The zero-order valence-electron chi connectivity index (χ0n) is 18.3. The van der Waals surface area contributed by atoms with Crippen LogP contribution in [0.5, 0.6) is 0 Å². The van der Waals surface area contributed by atoms with Gasteiger partial charge in [0.05, 0.1) is 10.6 Å². The number of non-ortho nitro benzene ring substituents is 1. The average Bonchev–Trinajstić information content (AvgIpc) is 3.28. The van der Waals surface area contributed by atoms with Gasteiger partial charge in [-0.05, 0) is 60.6 Å². The standard InChI is InChI=1S/C24H27N3O4/c1-5-16-18(7-3)22(23(28)14-9-11-15(12-10-14)27(30)31)25-20(16)13-21-17(6-2)19(8-4)24(29)26-21/h9-13,25H,5-8H2,1-4H3,(H,26,29)/b21-13-. The van der Waals surface area contributed by atoms with Crippen LogP contribution in [-0.4, -0.2) is 21.6 Å². The number of amides is 1. The molecule has 2 N–H and O–H groups in total. The zero-order valence-corrected chi connectivity index (χ0v) is 18.3. The Kier molecular flexibility index (Phi) is 6.53. The Balaban J connectivity index is 2.07. The molecule has 1 amide bonds. The molecular formula is C24H27N3O4. The van der Waals surface area contributed by atoms with Crippen molar-refractivity contribution >= 4 is 23.5 Å². The Hall–Kier alpha value is -3.48. The molecule has 7 heteroatoms. The Labute approximate surface area is 181 Å². The molecule has 1 aliphatic rings. The van der Waals surface area contributed by atoms with Crippen molar-refractivity contribution in [3.63, 3.8) is 0 Å². The maximum Gasteiger partial charge on any atom is 0.269 e. The molecule has 7 nitrogen and oxygen atoms in total. The highest BCUT2D eigenvalue weighted by atomic mass is 16.6. The van der Waals surface area contributed by atoms with E-state index in [0.717, 1.165) is 46.5 Å². The summed E-state index contributed by atoms with van der Waals surface area (Å²) in [6.45, 7) is 8.02. The maximum atomic E-state index is 13.2. The number of carbonyl (C=O) groups is 2. The van der Waals surface area contributed by atoms with E-state index >= 15 is 0 Å². The molecule has 0 spiro atoms. The molecule has 0 saturated heterocycles. The van der Waals surface area contributed by atoms with Gasteiger partial charge in [-0.2, -0.15) is 0 Å². The molecule has 1 aromatic carbocycles. The van der Waals surface area contributed by atoms with E-state index in [1.165, 1.54) is 24.3 Å². The third kappa shape index (κ3) is 4.08. The van der Waals surface area contributed by atoms with Gasteiger partial charge < -0.3 is 10.3 Å². The van der Waals surface area contributed by atoms with Crippen LogP contribution in [0.4, 0.5) is 5.69 Å². The minimum atomic E-state index is -0.487. The molecule has 0 aliphatic carbocycles. The summed E-state index contributed by atoms with van der Waals surface area (Å²) in [5, 5.41) is 13.9. The summed E-state index contributed by atoms with van der Waals surface area (Å²) in [4.78, 5) is 39.2. The van der Waals surface area contributed by atoms with Gasteiger partial charge in [-0.1, -0.05) is 27.7 Å². The minimum Gasteiger partial charge on any atom is -0.352 e. The number of nitro benzene ring substituents is 1. The maximum absolute atomic E-state index is 13.2. The number of allylic oxidation sites excluding steroid dienone is 1. The molecule has 1 aromatic heterocycles. The van der Waals surface area contributed by atoms with Crippen molar-refractivity contribution in [1.82, 2.24) is 10.3 Å². The van der Waals surface area contributed by atoms with Crippen LogP contribution in [0.25, 0.3) is 6.08 Å². The predicted octanol–water partition coefficient (Wildman–Crippen LogP) is 4.87. The number of H-pyrrole nitrogens is 1. The van der Waals surface area contributed by atoms with E-state index in [2.05, 4.69) is 10.3 Å². The number of hydrogen-bond acceptors (Lipinski definition) is 4. The van der Waals surface area contributed by atoms with Crippen LogP contribution in [0.15, 0.2) is 41.1 Å². The Morgan fingerprint density at radius 3 is 2.10 bits per heavy atom. The minimum absolute atomic E-state index is 0.0546. The summed E-state index contributed by atoms with van der Waals surface area (Å²) in [5.74, 6) is -0.268. The molecule has 0 radical (unpaired) electrons. The lowest BCUT2D eigenvalue weighted by molar-refractivity contribution is -0.384. The summed E-state index contributed by atoms with van der Waals surface area (Å²) in [7, 11) is 0. The fourth-order valence-electron chi connectivity index (χ4n) is 4.21. The van der Waals surface area contributed by atoms with Crippen molar-refractivity contribution in [3.05, 3.63) is 79.3 Å². The van der Waals surface area contributed by atoms with E-state index in [-0.39, 0.29) is 17.4 Å². The van der Waals surface area contributed by atoms with Crippen LogP contribution >= 0.6 is 0 Å². The van der Waals surface area contributed by atoms with E-state index in [9.17, 15) is 19.7 Å². The van der Waals surface area contributed by atoms with Gasteiger partial charge in [-0.25, -0.2) is 0 Å². The van der Waals surface area contributed by atoms with Crippen LogP contribution in [0, 0.1) is 10.1 Å². The lowest BCUT2D eigenvalue weighted by atomic mass is 9.98. The highest BCUT2D eigenvalue weighted by Gasteiger charge is 2.26. The van der Waals surface area contributed by atoms with Crippen molar-refractivity contribution < 1.29 is 14.5 Å². The third-order valence-electron chi connectivity index (χ3n) is 5.73. The first-order chi connectivity index (χ1) is 14.9. The number of ketones is 1. The number of nitrogens with zero attached hydrogens (tertiary/aromatic N) is 1. The molecule has 1 aliphatic heterocycles. The molecule has 2 heterocycles. The number of aromatic amines is 1. The van der Waals surface area contributed by atoms with Crippen LogP contribution in [-0.2, 0) is 17.6 Å². The van der Waals surface area contributed by atoms with Gasteiger partial charge in [-0.3, -0.25) is 19.7 Å². The van der Waals surface area contributed by atoms with Gasteiger partial charge in [-0.15, -0.1) is 0 Å². The van der Waals surface area contributed by atoms with E-state index < -0.39 is 4.92 Å². The molecule has 0 bridgehead atoms. The van der Waals surface area contributed by atoms with Crippen molar-refractivity contribution in [2.75, 3.05) is 0 Å². The van der Waals surface area contributed by atoms with E-state index in [1.807, 2.05) is 33.8 Å². The van der Waals surface area contributed by atoms with Crippen LogP contribution < -0.4 is 5.32 Å². The number of hydrogen-bond donors (Lipinski definition) is 2. The van der Waals surface area contributed by atoms with Crippen molar-refractivity contribution in [2.45, 2.75) is 53.4 Å². The van der Waals surface area contributed by atoms with Crippen LogP contribution in [0.1, 0.15) is 73.4 Å². The lowest BCUT2D eigenvalue weighted by Crippen LogP contribution is -2.16. The number of nitrogens with one attached hydrogen (secondary N) is 2. The summed E-state index contributed by atoms with van der Waals surface area (Å²) < 4.78 is 0. The van der Waals surface area contributed by atoms with E-state index in [1.54, 1.807) is 0 Å². The summed E-state index contributed by atoms with van der Waals surface area (Å²) >= 11 is 0. The van der Waals surface area contributed by atoms with Crippen molar-refractivity contribution in [3.8, 4) is 0 Å². The van der Waals surface area contributed by atoms with E-state index in [0.29, 0.717) is 24.1 Å². The average molecular weight is 421 g/mol. The summed E-state index contributed by atoms with van der Waals surface area (Å²) in [5.41, 5.74) is 6.18. The zero-order chi connectivity index (χ0) is 22.7. The smallest absolute Gasteiger partial charge is 0.269 e. The van der Waals surface area contributed by atoms with Gasteiger partial charge >= 0.3 is 0 Å². The van der Waals surface area contributed by atoms with Gasteiger partial charge in [0.25, 0.3) is 11.6 Å². The molecule has 3 rings (SSSR count). The Morgan fingerprint density at radius 2 is 1.58 bits per heavy atom. The van der Waals surface area contributed by atoms with Gasteiger partial charge in [0.1, 0.15) is 0 Å². The molecule has 2 aromatic rings. The molecule has 0 fully saturated rings. The number of aromatic nitrogens is 1. The number of benzene rings is 1. The van der Waals surface area contributed by atoms with Crippen LogP contribution in [0.2, 0.25) is 0 Å². The normalized spacial score (nSPS) is 15.0. The Morgan fingerprint density at radius 1 is 0.968 bits per heavy atom. The second kappa shape index (κ2) is 9.12. The highest BCUT2D eigenvalue weighted by molar-refractivity contribution is 6.09. The first kappa shape index (κ1) is 22.2. The van der Waals surface area contributed by atoms with Gasteiger partial charge in [0, 0.05) is 34.7 Å². The molecule has 0 unspecified atom stereocenters. The second-order valence-electron chi connectivity index (χ2n) is 7.39. The molecule has 162 valence electrons. The van der Waals surface area contributed by atoms with Crippen molar-refractivity contribution in [2.24, 2.45) is 0 Å². The summed E-state index contributed by atoms with van der Waals surface area (Å²) in [6, 6.07) is 5.63. The number of nitro groups is 1. The number of rotatable bonds is 8. The summed E-state index contributed by atoms with van der Waals surface area (Å²) in [6.07, 6.45) is 4.73. The lowest BCUT2D eigenvalue weighted by Gasteiger charge is -2.05. The highest BCUT2D eigenvalue weighted by Crippen LogP contribution is 2.30. The molecule has 0 saturated carbocycles. The van der Waals surface area contributed by atoms with Gasteiger partial charge in [0.2, 0.25) is 5.78 Å². The van der Waals surface area contributed by atoms with Gasteiger partial charge in [0.15, 0.2) is 0 Å². The largest absolute Gasteiger partial charge is 0.352 e.